The molecule has 0 spiro atoms. The SMILES string of the molecule is CCCOC(=O)C(C(=O)c1c(Cl)cccc1OC)c1ccccc1.O=[PH3]. The van der Waals surface area contributed by atoms with Crippen LogP contribution in [0.3, 0.4) is 0 Å². The van der Waals surface area contributed by atoms with Gasteiger partial charge in [-0.15, -0.1) is 0 Å². The average Bonchev–Trinajstić information content (AvgIpc) is 2.68. The van der Waals surface area contributed by atoms with Crippen LogP contribution in [0.4, 0.5) is 0 Å². The second kappa shape index (κ2) is 11.5. The lowest BCUT2D eigenvalue weighted by Crippen LogP contribution is -2.25. The molecule has 2 unspecified atom stereocenters. The van der Waals surface area contributed by atoms with Crippen molar-refractivity contribution in [2.45, 2.75) is 19.3 Å². The predicted molar refractivity (Wildman–Crippen MR) is 105 cm³/mol. The molecule has 0 radical (unpaired) electrons. The van der Waals surface area contributed by atoms with E-state index >= 15 is 0 Å². The van der Waals surface area contributed by atoms with E-state index in [1.54, 1.807) is 42.5 Å². The molecule has 0 aliphatic rings. The Labute approximate surface area is 159 Å². The lowest BCUT2D eigenvalue weighted by molar-refractivity contribution is -0.144. The van der Waals surface area contributed by atoms with Crippen molar-refractivity contribution in [2.75, 3.05) is 13.7 Å². The minimum atomic E-state index is -1.08. The van der Waals surface area contributed by atoms with Crippen LogP contribution >= 0.6 is 20.7 Å². The summed E-state index contributed by atoms with van der Waals surface area (Å²) in [5, 5.41) is 0.239. The third-order valence-corrected chi connectivity index (χ3v) is 3.84. The molecule has 0 saturated carbocycles. The number of carbonyl (C=O) groups is 2. The van der Waals surface area contributed by atoms with Gasteiger partial charge in [-0.25, -0.2) is 0 Å². The molecular formula is C19H22ClO5P. The first-order valence-corrected chi connectivity index (χ1v) is 8.92. The van der Waals surface area contributed by atoms with Crippen molar-refractivity contribution in [3.05, 3.63) is 64.7 Å². The highest BCUT2D eigenvalue weighted by molar-refractivity contribution is 7.00. The van der Waals surface area contributed by atoms with E-state index in [-0.39, 0.29) is 17.2 Å². The van der Waals surface area contributed by atoms with Crippen LogP contribution in [0.2, 0.25) is 5.02 Å². The fourth-order valence-electron chi connectivity index (χ4n) is 2.38. The summed E-state index contributed by atoms with van der Waals surface area (Å²) in [6.45, 7) is 2.15. The number of hydrogen-bond acceptors (Lipinski definition) is 5. The van der Waals surface area contributed by atoms with Crippen LogP contribution in [-0.4, -0.2) is 25.5 Å². The highest BCUT2D eigenvalue weighted by Gasteiger charge is 2.33. The van der Waals surface area contributed by atoms with Crippen molar-refractivity contribution in [1.82, 2.24) is 0 Å². The van der Waals surface area contributed by atoms with Gasteiger partial charge in [-0.05, 0) is 24.1 Å². The van der Waals surface area contributed by atoms with E-state index in [1.165, 1.54) is 7.11 Å². The summed E-state index contributed by atoms with van der Waals surface area (Å²) in [7, 11) is 2.06. The molecule has 140 valence electrons. The number of benzene rings is 2. The number of methoxy groups -OCH3 is 1. The third kappa shape index (κ3) is 5.45. The Morgan fingerprint density at radius 1 is 1.08 bits per heavy atom. The van der Waals surface area contributed by atoms with Crippen LogP contribution in [0.1, 0.15) is 35.2 Å². The van der Waals surface area contributed by atoms with Gasteiger partial charge < -0.3 is 14.0 Å². The largest absolute Gasteiger partial charge is 0.496 e. The van der Waals surface area contributed by atoms with Crippen molar-refractivity contribution < 1.29 is 23.6 Å². The van der Waals surface area contributed by atoms with Gasteiger partial charge in [0, 0.05) is 0 Å². The number of Topliss-reactive ketones (excluding diaryl/α,β-unsaturated/α-hetero) is 1. The second-order valence-electron chi connectivity index (χ2n) is 5.19. The summed E-state index contributed by atoms with van der Waals surface area (Å²) in [5.41, 5.74) is 0.745. The summed E-state index contributed by atoms with van der Waals surface area (Å²) in [6, 6.07) is 13.7. The summed E-state index contributed by atoms with van der Waals surface area (Å²) in [5.74, 6) is -1.77. The highest BCUT2D eigenvalue weighted by Crippen LogP contribution is 2.32. The minimum absolute atomic E-state index is 0.184. The first-order chi connectivity index (χ1) is 12.6. The Bertz CT molecular complexity index is 736. The molecule has 0 N–H and O–H groups in total. The molecule has 2 aromatic rings. The molecule has 7 heteroatoms. The Kier molecular flexibility index (Phi) is 9.71. The fourth-order valence-corrected chi connectivity index (χ4v) is 2.64. The van der Waals surface area contributed by atoms with Gasteiger partial charge in [0.25, 0.3) is 0 Å². The number of carbonyl (C=O) groups excluding carboxylic acids is 2. The van der Waals surface area contributed by atoms with Crippen molar-refractivity contribution in [1.29, 1.82) is 0 Å². The molecule has 2 rings (SSSR count). The molecule has 0 aliphatic carbocycles. The molecule has 0 saturated heterocycles. The van der Waals surface area contributed by atoms with Gasteiger partial charge in [0.2, 0.25) is 0 Å². The predicted octanol–water partition coefficient (Wildman–Crippen LogP) is 4.21. The quantitative estimate of drug-likeness (QED) is 0.303. The Morgan fingerprint density at radius 3 is 2.31 bits per heavy atom. The van der Waals surface area contributed by atoms with Gasteiger partial charge >= 0.3 is 5.97 Å². The van der Waals surface area contributed by atoms with Crippen LogP contribution in [0, 0.1) is 0 Å². The van der Waals surface area contributed by atoms with E-state index < -0.39 is 17.7 Å². The maximum Gasteiger partial charge on any atom is 0.321 e. The molecule has 0 heterocycles. The Morgan fingerprint density at radius 2 is 1.73 bits per heavy atom. The van der Waals surface area contributed by atoms with E-state index in [0.717, 1.165) is 0 Å². The highest BCUT2D eigenvalue weighted by atomic mass is 35.5. The van der Waals surface area contributed by atoms with Crippen molar-refractivity contribution >= 4 is 32.5 Å². The van der Waals surface area contributed by atoms with E-state index in [9.17, 15) is 9.59 Å². The summed E-state index contributed by atoms with van der Waals surface area (Å²) >= 11 is 6.19. The van der Waals surface area contributed by atoms with Crippen LogP contribution in [0.25, 0.3) is 0 Å². The topological polar surface area (TPSA) is 69.7 Å². The van der Waals surface area contributed by atoms with E-state index in [0.29, 0.717) is 26.9 Å². The average molecular weight is 397 g/mol. The number of ether oxygens (including phenoxy) is 2. The third-order valence-electron chi connectivity index (χ3n) is 3.52. The maximum absolute atomic E-state index is 13.1. The Balaban J connectivity index is 0.00000163. The smallest absolute Gasteiger partial charge is 0.321 e. The molecule has 0 bridgehead atoms. The van der Waals surface area contributed by atoms with E-state index in [1.807, 2.05) is 13.0 Å². The van der Waals surface area contributed by atoms with Crippen molar-refractivity contribution in [2.24, 2.45) is 0 Å². The molecule has 0 fully saturated rings. The number of esters is 1. The first kappa shape index (κ1) is 21.9. The minimum Gasteiger partial charge on any atom is -0.496 e. The van der Waals surface area contributed by atoms with Gasteiger partial charge in [0.1, 0.15) is 11.7 Å². The summed E-state index contributed by atoms with van der Waals surface area (Å²) in [6.07, 6.45) is 0.677. The second-order valence-corrected chi connectivity index (χ2v) is 5.60. The van der Waals surface area contributed by atoms with Gasteiger partial charge in [-0.3, -0.25) is 9.59 Å². The van der Waals surface area contributed by atoms with Gasteiger partial charge in [0.05, 0.1) is 33.4 Å². The zero-order chi connectivity index (χ0) is 19.5. The molecule has 0 aromatic heterocycles. The van der Waals surface area contributed by atoms with Crippen molar-refractivity contribution in [3.63, 3.8) is 0 Å². The number of rotatable bonds is 7. The van der Waals surface area contributed by atoms with Crippen LogP contribution in [0.5, 0.6) is 5.75 Å². The normalized spacial score (nSPS) is 11.0. The fraction of sp³-hybridized carbons (Fsp3) is 0.263. The maximum atomic E-state index is 13.1. The number of hydrogen-bond donors (Lipinski definition) is 0. The molecule has 2 aromatic carbocycles. The molecule has 26 heavy (non-hydrogen) atoms. The lowest BCUT2D eigenvalue weighted by atomic mass is 9.90. The van der Waals surface area contributed by atoms with E-state index in [4.69, 9.17) is 25.6 Å². The summed E-state index contributed by atoms with van der Waals surface area (Å²) in [4.78, 5) is 25.6. The number of ketones is 1. The van der Waals surface area contributed by atoms with Crippen LogP contribution < -0.4 is 4.74 Å². The standard InChI is InChI=1S/C19H19ClO4.H3OP/c1-3-12-24-19(22)16(13-8-5-4-6-9-13)18(21)17-14(20)10-7-11-15(17)23-2;1-2/h4-11,16H,3,12H2,1-2H3;2H3. The monoisotopic (exact) mass is 396 g/mol. The lowest BCUT2D eigenvalue weighted by Gasteiger charge is -2.17. The first-order valence-electron chi connectivity index (χ1n) is 7.97. The van der Waals surface area contributed by atoms with Crippen LogP contribution in [-0.2, 0) is 14.1 Å². The van der Waals surface area contributed by atoms with Gasteiger partial charge in [-0.1, -0.05) is 54.9 Å². The molecule has 2 atom stereocenters. The zero-order valence-corrected chi connectivity index (χ0v) is 16.9. The van der Waals surface area contributed by atoms with Crippen LogP contribution in [0.15, 0.2) is 48.5 Å². The zero-order valence-electron chi connectivity index (χ0n) is 14.7. The van der Waals surface area contributed by atoms with Gasteiger partial charge in [0.15, 0.2) is 5.78 Å². The number of halogens is 1. The summed E-state index contributed by atoms with van der Waals surface area (Å²) < 4.78 is 18.7. The molecular weight excluding hydrogens is 375 g/mol. The molecule has 5 nitrogen and oxygen atoms in total. The van der Waals surface area contributed by atoms with Gasteiger partial charge in [-0.2, -0.15) is 0 Å². The van der Waals surface area contributed by atoms with E-state index in [2.05, 4.69) is 0 Å². The molecule has 0 amide bonds. The van der Waals surface area contributed by atoms with Crippen molar-refractivity contribution in [3.8, 4) is 5.75 Å². The Hall–Kier alpha value is -2.10. The molecule has 0 aliphatic heterocycles.